The van der Waals surface area contributed by atoms with Gasteiger partial charge in [0, 0.05) is 22.9 Å². The number of benzene rings is 2. The molecule has 2 aromatic rings. The highest BCUT2D eigenvalue weighted by molar-refractivity contribution is 8.00. The first-order chi connectivity index (χ1) is 15.7. The monoisotopic (exact) mass is 469 g/mol. The van der Waals surface area contributed by atoms with E-state index in [2.05, 4.69) is 0 Å². The lowest BCUT2D eigenvalue weighted by atomic mass is 9.91. The second kappa shape index (κ2) is 10.9. The fourth-order valence-corrected chi connectivity index (χ4v) is 4.07. The third-order valence-electron chi connectivity index (χ3n) is 5.45. The van der Waals surface area contributed by atoms with Crippen LogP contribution in [0.25, 0.3) is 0 Å². The van der Waals surface area contributed by atoms with Crippen LogP contribution < -0.4 is 4.74 Å². The number of hydrogen-bond donors (Lipinski definition) is 0. The third kappa shape index (κ3) is 7.09. The summed E-state index contributed by atoms with van der Waals surface area (Å²) >= 11 is 1.32. The molecule has 1 saturated carbocycles. The Balaban J connectivity index is 1.61. The number of thioether (sulfide) groups is 1. The molecule has 3 rings (SSSR count). The lowest BCUT2D eigenvalue weighted by Gasteiger charge is -2.23. The van der Waals surface area contributed by atoms with Gasteiger partial charge in [-0.25, -0.2) is 4.79 Å². The molecule has 0 N–H and O–H groups in total. The van der Waals surface area contributed by atoms with Crippen LogP contribution in [0.1, 0.15) is 49.5 Å². The first-order valence-electron chi connectivity index (χ1n) is 11.0. The second-order valence-electron chi connectivity index (χ2n) is 9.14. The van der Waals surface area contributed by atoms with E-state index < -0.39 is 11.4 Å². The molecule has 0 bridgehead atoms. The van der Waals surface area contributed by atoms with Crippen LogP contribution in [-0.4, -0.2) is 48.1 Å². The second-order valence-corrected chi connectivity index (χ2v) is 10.2. The Kier molecular flexibility index (Phi) is 8.19. The molecule has 0 saturated heterocycles. The number of Topliss-reactive ketones (excluding diaryl/α,β-unsaturated/α-hetero) is 1. The van der Waals surface area contributed by atoms with Gasteiger partial charge in [0.2, 0.25) is 5.91 Å². The molecule has 1 aliphatic carbocycles. The Morgan fingerprint density at radius 3 is 2.30 bits per heavy atom. The zero-order valence-electron chi connectivity index (χ0n) is 19.6. The van der Waals surface area contributed by atoms with Crippen molar-refractivity contribution in [2.24, 2.45) is 5.41 Å². The summed E-state index contributed by atoms with van der Waals surface area (Å²) in [5, 5.41) is 0. The van der Waals surface area contributed by atoms with Crippen LogP contribution in [0.15, 0.2) is 53.4 Å². The van der Waals surface area contributed by atoms with Gasteiger partial charge in [0.1, 0.15) is 5.75 Å². The summed E-state index contributed by atoms with van der Waals surface area (Å²) in [7, 11) is 1.63. The molecule has 0 aromatic heterocycles. The standard InChI is InChI=1S/C26H31NO5S/c1-26(2,3)23(28)16-32-25(30)21-7-5-6-8-22(21)33-17-24(29)27(19-11-12-19)15-18-9-13-20(31-4)14-10-18/h5-10,13-14,19H,11-12,15-17H2,1-4H3. The average Bonchev–Trinajstić information content (AvgIpc) is 3.64. The molecule has 0 heterocycles. The smallest absolute Gasteiger partial charge is 0.339 e. The summed E-state index contributed by atoms with van der Waals surface area (Å²) in [6.07, 6.45) is 2.02. The van der Waals surface area contributed by atoms with Crippen LogP contribution in [-0.2, 0) is 20.9 Å². The largest absolute Gasteiger partial charge is 0.497 e. The van der Waals surface area contributed by atoms with Crippen LogP contribution in [0.3, 0.4) is 0 Å². The molecule has 6 nitrogen and oxygen atoms in total. The number of rotatable bonds is 10. The highest BCUT2D eigenvalue weighted by Gasteiger charge is 2.32. The summed E-state index contributed by atoms with van der Waals surface area (Å²) in [6.45, 7) is 5.65. The lowest BCUT2D eigenvalue weighted by Crippen LogP contribution is -2.34. The molecule has 0 radical (unpaired) electrons. The van der Waals surface area contributed by atoms with Crippen LogP contribution in [0.2, 0.25) is 0 Å². The maximum Gasteiger partial charge on any atom is 0.339 e. The van der Waals surface area contributed by atoms with E-state index in [1.165, 1.54) is 11.8 Å². The molecule has 1 aliphatic rings. The predicted molar refractivity (Wildman–Crippen MR) is 128 cm³/mol. The minimum absolute atomic E-state index is 0.0319. The van der Waals surface area contributed by atoms with Crippen molar-refractivity contribution in [1.82, 2.24) is 4.90 Å². The Morgan fingerprint density at radius 2 is 1.70 bits per heavy atom. The number of carbonyl (C=O) groups is 3. The van der Waals surface area contributed by atoms with Gasteiger partial charge in [0.15, 0.2) is 12.4 Å². The van der Waals surface area contributed by atoms with E-state index in [4.69, 9.17) is 9.47 Å². The van der Waals surface area contributed by atoms with E-state index >= 15 is 0 Å². The highest BCUT2D eigenvalue weighted by atomic mass is 32.2. The van der Waals surface area contributed by atoms with Crippen molar-refractivity contribution in [1.29, 1.82) is 0 Å². The van der Waals surface area contributed by atoms with Crippen LogP contribution in [0, 0.1) is 5.41 Å². The van der Waals surface area contributed by atoms with Crippen molar-refractivity contribution in [3.8, 4) is 5.75 Å². The van der Waals surface area contributed by atoms with E-state index in [9.17, 15) is 14.4 Å². The summed E-state index contributed by atoms with van der Waals surface area (Å²) in [5.74, 6) is 0.337. The fraction of sp³-hybridized carbons (Fsp3) is 0.423. The fourth-order valence-electron chi connectivity index (χ4n) is 3.14. The SMILES string of the molecule is COc1ccc(CN(C(=O)CSc2ccccc2C(=O)OCC(=O)C(C)(C)C)C2CC2)cc1. The molecule has 1 amide bonds. The molecule has 33 heavy (non-hydrogen) atoms. The summed E-state index contributed by atoms with van der Waals surface area (Å²) < 4.78 is 10.5. The Labute approximate surface area is 199 Å². The van der Waals surface area contributed by atoms with Gasteiger partial charge in [-0.1, -0.05) is 45.0 Å². The maximum absolute atomic E-state index is 13.1. The van der Waals surface area contributed by atoms with Crippen molar-refractivity contribution in [2.75, 3.05) is 19.5 Å². The minimum atomic E-state index is -0.572. The number of hydrogen-bond acceptors (Lipinski definition) is 6. The molecule has 1 fully saturated rings. The number of ether oxygens (including phenoxy) is 2. The van der Waals surface area contributed by atoms with Gasteiger partial charge in [-0.05, 0) is 42.7 Å². The Morgan fingerprint density at radius 1 is 1.03 bits per heavy atom. The predicted octanol–water partition coefficient (Wildman–Crippen LogP) is 4.75. The number of methoxy groups -OCH3 is 1. The Bertz CT molecular complexity index is 992. The van der Waals surface area contributed by atoms with Crippen molar-refractivity contribution < 1.29 is 23.9 Å². The quantitative estimate of drug-likeness (QED) is 0.369. The number of carbonyl (C=O) groups excluding carboxylic acids is 3. The van der Waals surface area contributed by atoms with Crippen molar-refractivity contribution in [3.05, 3.63) is 59.7 Å². The van der Waals surface area contributed by atoms with Crippen LogP contribution >= 0.6 is 11.8 Å². The molecule has 2 aromatic carbocycles. The van der Waals surface area contributed by atoms with E-state index in [-0.39, 0.29) is 30.1 Å². The van der Waals surface area contributed by atoms with Crippen LogP contribution in [0.4, 0.5) is 0 Å². The molecular formula is C26H31NO5S. The molecule has 0 aliphatic heterocycles. The van der Waals surface area contributed by atoms with E-state index in [1.54, 1.807) is 46.1 Å². The highest BCUT2D eigenvalue weighted by Crippen LogP contribution is 2.31. The topological polar surface area (TPSA) is 72.9 Å². The summed E-state index contributed by atoms with van der Waals surface area (Å²) in [6, 6.07) is 15.0. The van der Waals surface area contributed by atoms with Crippen molar-refractivity contribution in [3.63, 3.8) is 0 Å². The normalized spacial score (nSPS) is 13.3. The molecule has 7 heteroatoms. The lowest BCUT2D eigenvalue weighted by molar-refractivity contribution is -0.130. The summed E-state index contributed by atoms with van der Waals surface area (Å²) in [4.78, 5) is 40.3. The van der Waals surface area contributed by atoms with Crippen molar-refractivity contribution in [2.45, 2.75) is 51.1 Å². The van der Waals surface area contributed by atoms with Crippen molar-refractivity contribution >= 4 is 29.4 Å². The Hall–Kier alpha value is -2.80. The maximum atomic E-state index is 13.1. The molecule has 0 unspecified atom stereocenters. The van der Waals surface area contributed by atoms with Gasteiger partial charge in [-0.3, -0.25) is 9.59 Å². The molecule has 0 spiro atoms. The van der Waals surface area contributed by atoms with E-state index in [0.29, 0.717) is 17.0 Å². The number of amides is 1. The van der Waals surface area contributed by atoms with E-state index in [1.807, 2.05) is 35.2 Å². The number of esters is 1. The van der Waals surface area contributed by atoms with E-state index in [0.717, 1.165) is 24.2 Å². The van der Waals surface area contributed by atoms with Gasteiger partial charge >= 0.3 is 5.97 Å². The zero-order chi connectivity index (χ0) is 24.0. The number of nitrogens with zero attached hydrogens (tertiary/aromatic N) is 1. The summed E-state index contributed by atoms with van der Waals surface area (Å²) in [5.41, 5.74) is 0.843. The molecule has 0 atom stereocenters. The first-order valence-corrected chi connectivity index (χ1v) is 12.0. The third-order valence-corrected chi connectivity index (χ3v) is 6.51. The van der Waals surface area contributed by atoms with Gasteiger partial charge in [0.05, 0.1) is 18.4 Å². The number of ketones is 1. The zero-order valence-corrected chi connectivity index (χ0v) is 20.4. The first kappa shape index (κ1) is 24.8. The van der Waals surface area contributed by atoms with Gasteiger partial charge < -0.3 is 14.4 Å². The average molecular weight is 470 g/mol. The van der Waals surface area contributed by atoms with Crippen LogP contribution in [0.5, 0.6) is 5.75 Å². The molecule has 176 valence electrons. The van der Waals surface area contributed by atoms with Gasteiger partial charge in [0.25, 0.3) is 0 Å². The molecular weight excluding hydrogens is 438 g/mol. The van der Waals surface area contributed by atoms with Gasteiger partial charge in [-0.2, -0.15) is 0 Å². The van der Waals surface area contributed by atoms with Gasteiger partial charge in [-0.15, -0.1) is 11.8 Å². The minimum Gasteiger partial charge on any atom is -0.497 e.